The van der Waals surface area contributed by atoms with Crippen molar-refractivity contribution in [2.24, 2.45) is 0 Å². The molecule has 112 valence electrons. The normalized spacial score (nSPS) is 11.5. The van der Waals surface area contributed by atoms with Gasteiger partial charge in [-0.1, -0.05) is 17.7 Å². The monoisotopic (exact) mass is 298 g/mol. The lowest BCUT2D eigenvalue weighted by Gasteiger charge is -2.23. The van der Waals surface area contributed by atoms with E-state index in [1.165, 1.54) is 0 Å². The first-order valence-corrected chi connectivity index (χ1v) is 7.02. The molecule has 5 heteroatoms. The van der Waals surface area contributed by atoms with Crippen LogP contribution in [0.5, 0.6) is 5.75 Å². The lowest BCUT2D eigenvalue weighted by molar-refractivity contribution is -0.123. The summed E-state index contributed by atoms with van der Waals surface area (Å²) in [5.41, 5.74) is -0.199. The number of carbonyl (C=O) groups excluding carboxylic acids is 1. The molecule has 0 radical (unpaired) electrons. The van der Waals surface area contributed by atoms with Crippen LogP contribution in [0.3, 0.4) is 0 Å². The molecule has 0 aliphatic heterocycles. The van der Waals surface area contributed by atoms with Crippen LogP contribution in [0.25, 0.3) is 0 Å². The number of benzene rings is 1. The molecule has 0 fully saturated rings. The number of nitrogens with zero attached hydrogens (tertiary/aromatic N) is 1. The average Bonchev–Trinajstić information content (AvgIpc) is 2.25. The molecular formula is C15H23ClN2O2. The zero-order chi connectivity index (χ0) is 15.2. The van der Waals surface area contributed by atoms with E-state index in [2.05, 4.69) is 5.32 Å². The predicted molar refractivity (Wildman–Crippen MR) is 82.3 cm³/mol. The van der Waals surface area contributed by atoms with E-state index >= 15 is 0 Å². The van der Waals surface area contributed by atoms with Crippen LogP contribution in [-0.4, -0.2) is 43.1 Å². The number of halogens is 1. The van der Waals surface area contributed by atoms with Crippen LogP contribution in [0.1, 0.15) is 20.8 Å². The Bertz CT molecular complexity index is 444. The summed E-state index contributed by atoms with van der Waals surface area (Å²) in [4.78, 5) is 13.7. The molecular weight excluding hydrogens is 276 g/mol. The molecule has 0 spiro atoms. The Labute approximate surface area is 126 Å². The number of hydrogen-bond acceptors (Lipinski definition) is 3. The van der Waals surface area contributed by atoms with Gasteiger partial charge in [0.1, 0.15) is 12.4 Å². The fourth-order valence-electron chi connectivity index (χ4n) is 1.66. The van der Waals surface area contributed by atoms with Gasteiger partial charge in [0.2, 0.25) is 5.91 Å². The standard InChI is InChI=1S/C15H23ClN2O2/c1-15(2,3)17-14(19)11-18(4)8-9-20-13-7-5-6-12(16)10-13/h5-7,10H,8-9,11H2,1-4H3,(H,17,19). The average molecular weight is 299 g/mol. The highest BCUT2D eigenvalue weighted by Gasteiger charge is 2.14. The maximum atomic E-state index is 11.7. The van der Waals surface area contributed by atoms with E-state index < -0.39 is 0 Å². The summed E-state index contributed by atoms with van der Waals surface area (Å²) >= 11 is 5.87. The minimum Gasteiger partial charge on any atom is -0.492 e. The summed E-state index contributed by atoms with van der Waals surface area (Å²) in [5.74, 6) is 0.757. The van der Waals surface area contributed by atoms with Gasteiger partial charge < -0.3 is 10.1 Å². The van der Waals surface area contributed by atoms with Crippen molar-refractivity contribution in [3.8, 4) is 5.75 Å². The second kappa shape index (κ2) is 7.50. The van der Waals surface area contributed by atoms with Gasteiger partial charge >= 0.3 is 0 Å². The van der Waals surface area contributed by atoms with E-state index in [0.29, 0.717) is 24.7 Å². The first-order valence-electron chi connectivity index (χ1n) is 6.64. The van der Waals surface area contributed by atoms with Crippen molar-refractivity contribution < 1.29 is 9.53 Å². The maximum absolute atomic E-state index is 11.7. The van der Waals surface area contributed by atoms with Crippen LogP contribution in [0.4, 0.5) is 0 Å². The Morgan fingerprint density at radius 3 is 2.70 bits per heavy atom. The third kappa shape index (κ3) is 7.36. The van der Waals surface area contributed by atoms with E-state index in [-0.39, 0.29) is 11.4 Å². The molecule has 4 nitrogen and oxygen atoms in total. The summed E-state index contributed by atoms with van der Waals surface area (Å²) in [6.45, 7) is 7.44. The molecule has 0 unspecified atom stereocenters. The number of hydrogen-bond donors (Lipinski definition) is 1. The number of rotatable bonds is 6. The second-order valence-corrected chi connectivity index (χ2v) is 6.28. The zero-order valence-corrected chi connectivity index (χ0v) is 13.3. The van der Waals surface area contributed by atoms with Crippen LogP contribution in [0.15, 0.2) is 24.3 Å². The SMILES string of the molecule is CN(CCOc1cccc(Cl)c1)CC(=O)NC(C)(C)C. The van der Waals surface area contributed by atoms with Crippen molar-refractivity contribution in [3.05, 3.63) is 29.3 Å². The van der Waals surface area contributed by atoms with E-state index in [4.69, 9.17) is 16.3 Å². The van der Waals surface area contributed by atoms with Crippen molar-refractivity contribution in [2.75, 3.05) is 26.7 Å². The van der Waals surface area contributed by atoms with Crippen LogP contribution < -0.4 is 10.1 Å². The molecule has 0 aliphatic rings. The number of carbonyl (C=O) groups is 1. The number of nitrogens with one attached hydrogen (secondary N) is 1. The molecule has 20 heavy (non-hydrogen) atoms. The van der Waals surface area contributed by atoms with E-state index in [0.717, 1.165) is 5.75 Å². The van der Waals surface area contributed by atoms with Gasteiger partial charge in [-0.05, 0) is 46.0 Å². The summed E-state index contributed by atoms with van der Waals surface area (Å²) < 4.78 is 5.58. The summed E-state index contributed by atoms with van der Waals surface area (Å²) in [5, 5.41) is 3.58. The summed E-state index contributed by atoms with van der Waals surface area (Å²) in [7, 11) is 1.89. The van der Waals surface area contributed by atoms with Gasteiger partial charge in [0.05, 0.1) is 6.54 Å². The molecule has 0 heterocycles. The molecule has 0 aliphatic carbocycles. The Morgan fingerprint density at radius 1 is 1.40 bits per heavy atom. The Hall–Kier alpha value is -1.26. The minimum absolute atomic E-state index is 0.0164. The van der Waals surface area contributed by atoms with Gasteiger partial charge in [0, 0.05) is 17.1 Å². The highest BCUT2D eigenvalue weighted by atomic mass is 35.5. The summed E-state index contributed by atoms with van der Waals surface area (Å²) in [6, 6.07) is 7.28. The third-order valence-electron chi connectivity index (χ3n) is 2.47. The fourth-order valence-corrected chi connectivity index (χ4v) is 1.84. The third-order valence-corrected chi connectivity index (χ3v) is 2.70. The van der Waals surface area contributed by atoms with E-state index in [9.17, 15) is 4.79 Å². The molecule has 0 aromatic heterocycles. The van der Waals surface area contributed by atoms with Crippen LogP contribution >= 0.6 is 11.6 Å². The van der Waals surface area contributed by atoms with E-state index in [1.807, 2.05) is 44.9 Å². The lowest BCUT2D eigenvalue weighted by atomic mass is 10.1. The van der Waals surface area contributed by atoms with Crippen LogP contribution in [0.2, 0.25) is 5.02 Å². The fraction of sp³-hybridized carbons (Fsp3) is 0.533. The summed E-state index contributed by atoms with van der Waals surface area (Å²) in [6.07, 6.45) is 0. The highest BCUT2D eigenvalue weighted by molar-refractivity contribution is 6.30. The van der Waals surface area contributed by atoms with E-state index in [1.54, 1.807) is 12.1 Å². The lowest BCUT2D eigenvalue weighted by Crippen LogP contribution is -2.45. The molecule has 0 bridgehead atoms. The largest absolute Gasteiger partial charge is 0.492 e. The van der Waals surface area contributed by atoms with Crippen molar-refractivity contribution in [2.45, 2.75) is 26.3 Å². The Kier molecular flexibility index (Phi) is 6.30. The maximum Gasteiger partial charge on any atom is 0.234 e. The number of ether oxygens (including phenoxy) is 1. The Balaban J connectivity index is 2.26. The minimum atomic E-state index is -0.199. The smallest absolute Gasteiger partial charge is 0.234 e. The van der Waals surface area contributed by atoms with Crippen molar-refractivity contribution in [3.63, 3.8) is 0 Å². The van der Waals surface area contributed by atoms with Gasteiger partial charge in [-0.15, -0.1) is 0 Å². The zero-order valence-electron chi connectivity index (χ0n) is 12.6. The van der Waals surface area contributed by atoms with Crippen molar-refractivity contribution in [1.82, 2.24) is 10.2 Å². The van der Waals surface area contributed by atoms with Crippen molar-refractivity contribution in [1.29, 1.82) is 0 Å². The topological polar surface area (TPSA) is 41.6 Å². The van der Waals surface area contributed by atoms with Crippen LogP contribution in [-0.2, 0) is 4.79 Å². The molecule has 1 amide bonds. The first-order chi connectivity index (χ1) is 9.26. The molecule has 0 saturated heterocycles. The van der Waals surface area contributed by atoms with Gasteiger partial charge in [0.25, 0.3) is 0 Å². The van der Waals surface area contributed by atoms with Gasteiger partial charge in [-0.2, -0.15) is 0 Å². The van der Waals surface area contributed by atoms with Gasteiger partial charge in [0.15, 0.2) is 0 Å². The quantitative estimate of drug-likeness (QED) is 0.877. The highest BCUT2D eigenvalue weighted by Crippen LogP contribution is 2.16. The van der Waals surface area contributed by atoms with Gasteiger partial charge in [-0.3, -0.25) is 9.69 Å². The molecule has 1 aromatic rings. The number of amides is 1. The van der Waals surface area contributed by atoms with Crippen molar-refractivity contribution >= 4 is 17.5 Å². The predicted octanol–water partition coefficient (Wildman–Crippen LogP) is 2.57. The first kappa shape index (κ1) is 16.8. The number of likely N-dealkylation sites (N-methyl/N-ethyl adjacent to an activating group) is 1. The van der Waals surface area contributed by atoms with Gasteiger partial charge in [-0.25, -0.2) is 0 Å². The molecule has 1 aromatic carbocycles. The second-order valence-electron chi connectivity index (χ2n) is 5.84. The molecule has 1 N–H and O–H groups in total. The molecule has 1 rings (SSSR count). The Morgan fingerprint density at radius 2 is 2.10 bits per heavy atom. The molecule has 0 atom stereocenters. The molecule has 0 saturated carbocycles. The van der Waals surface area contributed by atoms with Crippen LogP contribution in [0, 0.1) is 0 Å².